The molecule has 0 spiro atoms. The van der Waals surface area contributed by atoms with E-state index in [1.807, 2.05) is 72.8 Å². The summed E-state index contributed by atoms with van der Waals surface area (Å²) in [6, 6.07) is 35.2. The fourth-order valence-electron chi connectivity index (χ4n) is 6.77. The van der Waals surface area contributed by atoms with Gasteiger partial charge < -0.3 is 4.74 Å². The first-order valence-electron chi connectivity index (χ1n) is 17.9. The van der Waals surface area contributed by atoms with Crippen molar-refractivity contribution < 1.29 is 23.9 Å². The lowest BCUT2D eigenvalue weighted by molar-refractivity contribution is -0.137. The minimum Gasteiger partial charge on any atom is -0.361 e. The summed E-state index contributed by atoms with van der Waals surface area (Å²) >= 11 is 0. The second-order valence-corrected chi connectivity index (χ2v) is 13.1. The predicted octanol–water partition coefficient (Wildman–Crippen LogP) is 5.91. The van der Waals surface area contributed by atoms with Crippen LogP contribution in [0.15, 0.2) is 131 Å². The van der Waals surface area contributed by atoms with Gasteiger partial charge in [-0.2, -0.15) is 4.57 Å². The van der Waals surface area contributed by atoms with Gasteiger partial charge >= 0.3 is 5.69 Å². The van der Waals surface area contributed by atoms with E-state index < -0.39 is 22.8 Å². The van der Waals surface area contributed by atoms with E-state index in [-0.39, 0.29) is 42.5 Å². The fourth-order valence-corrected chi connectivity index (χ4v) is 6.77. The van der Waals surface area contributed by atoms with Crippen molar-refractivity contribution in [2.75, 3.05) is 13.2 Å². The molecule has 0 aliphatic carbocycles. The summed E-state index contributed by atoms with van der Waals surface area (Å²) in [5, 5.41) is 0. The fraction of sp³-hybridized carbons (Fsp3) is 0.256. The number of ketones is 1. The van der Waals surface area contributed by atoms with Crippen LogP contribution in [0.5, 0.6) is 0 Å². The minimum absolute atomic E-state index is 0.131. The molecule has 0 radical (unpaired) electrons. The number of Topliss-reactive ketones (excluding diaryl/α,β-unsaturated/α-hetero) is 1. The number of likely N-dealkylation sites (tertiary alicyclic amines) is 1. The smallest absolute Gasteiger partial charge is 0.338 e. The molecule has 1 aliphatic rings. The van der Waals surface area contributed by atoms with Gasteiger partial charge in [0.2, 0.25) is 11.8 Å². The molecular formula is C43H41N3O7. The highest BCUT2D eigenvalue weighted by Crippen LogP contribution is 2.41. The van der Waals surface area contributed by atoms with E-state index in [9.17, 15) is 28.8 Å². The highest BCUT2D eigenvalue weighted by Gasteiger charge is 2.38. The van der Waals surface area contributed by atoms with Crippen molar-refractivity contribution in [2.45, 2.75) is 57.6 Å². The number of rotatable bonds is 15. The topological polar surface area (TPSA) is 125 Å². The molecule has 6 rings (SSSR count). The SMILES string of the molecule is Cc1cn(CCCCCCOC(c2ccccc2)(c2ccccc2)c2ccc(C(=O)CN3C(=O)CCC3=O)cc2)c(=O)n(C(=O)c2ccccc2)c1=O. The Balaban J connectivity index is 1.15. The van der Waals surface area contributed by atoms with Crippen molar-refractivity contribution >= 4 is 23.5 Å². The van der Waals surface area contributed by atoms with Crippen molar-refractivity contribution in [1.29, 1.82) is 0 Å². The monoisotopic (exact) mass is 711 g/mol. The first-order chi connectivity index (χ1) is 25.7. The van der Waals surface area contributed by atoms with E-state index in [1.165, 1.54) is 10.8 Å². The summed E-state index contributed by atoms with van der Waals surface area (Å²) in [4.78, 5) is 77.5. The molecule has 0 atom stereocenters. The van der Waals surface area contributed by atoms with Gasteiger partial charge in [-0.1, -0.05) is 116 Å². The average molecular weight is 712 g/mol. The lowest BCUT2D eigenvalue weighted by Gasteiger charge is -2.36. The number of carbonyl (C=O) groups is 4. The summed E-state index contributed by atoms with van der Waals surface area (Å²) in [6.45, 7) is 2.08. The first-order valence-corrected chi connectivity index (χ1v) is 17.9. The molecule has 2 amide bonds. The van der Waals surface area contributed by atoms with Crippen LogP contribution in [0.2, 0.25) is 0 Å². The normalized spacial score (nSPS) is 13.0. The summed E-state index contributed by atoms with van der Waals surface area (Å²) in [5.74, 6) is -1.62. The number of nitrogens with zero attached hydrogens (tertiary/aromatic N) is 3. The third-order valence-corrected chi connectivity index (χ3v) is 9.59. The number of benzene rings is 4. The Bertz CT molecular complexity index is 2150. The Morgan fingerprint density at radius 2 is 1.17 bits per heavy atom. The summed E-state index contributed by atoms with van der Waals surface area (Å²) in [6.07, 6.45) is 4.74. The second-order valence-electron chi connectivity index (χ2n) is 13.1. The summed E-state index contributed by atoms with van der Waals surface area (Å²) in [7, 11) is 0. The van der Waals surface area contributed by atoms with Crippen LogP contribution >= 0.6 is 0 Å². The van der Waals surface area contributed by atoms with E-state index in [0.717, 1.165) is 40.9 Å². The van der Waals surface area contributed by atoms with Gasteiger partial charge in [0.05, 0.1) is 6.54 Å². The number of unbranched alkanes of at least 4 members (excludes halogenated alkanes) is 3. The third kappa shape index (κ3) is 7.93. The van der Waals surface area contributed by atoms with Crippen molar-refractivity contribution in [3.63, 3.8) is 0 Å². The molecule has 0 unspecified atom stereocenters. The van der Waals surface area contributed by atoms with Gasteiger partial charge in [0.25, 0.3) is 11.5 Å². The molecule has 0 bridgehead atoms. The Morgan fingerprint density at radius 1 is 0.642 bits per heavy atom. The maximum atomic E-state index is 13.2. The van der Waals surface area contributed by atoms with Crippen LogP contribution in [0.1, 0.15) is 81.5 Å². The molecule has 4 aromatic carbocycles. The Labute approximate surface area is 307 Å². The molecular weight excluding hydrogens is 670 g/mol. The number of aromatic nitrogens is 2. The van der Waals surface area contributed by atoms with Crippen LogP contribution in [0.4, 0.5) is 0 Å². The van der Waals surface area contributed by atoms with E-state index in [2.05, 4.69) is 0 Å². The number of ether oxygens (including phenoxy) is 1. The van der Waals surface area contributed by atoms with Crippen LogP contribution in [-0.2, 0) is 26.5 Å². The van der Waals surface area contributed by atoms with Gasteiger partial charge in [-0.15, -0.1) is 0 Å². The van der Waals surface area contributed by atoms with Gasteiger partial charge in [-0.05, 0) is 48.6 Å². The Hall–Kier alpha value is -6.00. The number of aryl methyl sites for hydroxylation is 2. The molecule has 0 saturated carbocycles. The van der Waals surface area contributed by atoms with Crippen molar-refractivity contribution in [2.24, 2.45) is 0 Å². The number of hydrogen-bond acceptors (Lipinski definition) is 7. The number of carbonyl (C=O) groups excluding carboxylic acids is 4. The van der Waals surface area contributed by atoms with E-state index >= 15 is 0 Å². The second kappa shape index (κ2) is 16.6. The molecule has 1 aliphatic heterocycles. The van der Waals surface area contributed by atoms with E-state index in [1.54, 1.807) is 49.4 Å². The molecule has 0 N–H and O–H groups in total. The molecule has 2 heterocycles. The van der Waals surface area contributed by atoms with Gasteiger partial charge in [-0.25, -0.2) is 4.79 Å². The van der Waals surface area contributed by atoms with Crippen LogP contribution in [-0.4, -0.2) is 50.7 Å². The van der Waals surface area contributed by atoms with E-state index in [0.29, 0.717) is 35.3 Å². The van der Waals surface area contributed by atoms with Crippen molar-refractivity contribution in [1.82, 2.24) is 14.0 Å². The van der Waals surface area contributed by atoms with Crippen LogP contribution in [0, 0.1) is 6.92 Å². The molecule has 53 heavy (non-hydrogen) atoms. The maximum Gasteiger partial charge on any atom is 0.338 e. The third-order valence-electron chi connectivity index (χ3n) is 9.59. The first kappa shape index (κ1) is 36.8. The highest BCUT2D eigenvalue weighted by molar-refractivity contribution is 6.07. The van der Waals surface area contributed by atoms with Crippen LogP contribution in [0.3, 0.4) is 0 Å². The molecule has 270 valence electrons. The highest BCUT2D eigenvalue weighted by atomic mass is 16.5. The molecule has 10 heteroatoms. The number of hydrogen-bond donors (Lipinski definition) is 0. The zero-order valence-corrected chi connectivity index (χ0v) is 29.6. The number of imide groups is 1. The molecule has 5 aromatic rings. The quantitative estimate of drug-likeness (QED) is 0.0573. The van der Waals surface area contributed by atoms with Crippen molar-refractivity contribution in [3.8, 4) is 0 Å². The lowest BCUT2D eigenvalue weighted by Crippen LogP contribution is -2.44. The Morgan fingerprint density at radius 3 is 1.75 bits per heavy atom. The Kier molecular flexibility index (Phi) is 11.5. The molecule has 1 aromatic heterocycles. The molecule has 1 fully saturated rings. The van der Waals surface area contributed by atoms with Crippen molar-refractivity contribution in [3.05, 3.63) is 176 Å². The average Bonchev–Trinajstić information content (AvgIpc) is 3.51. The zero-order valence-electron chi connectivity index (χ0n) is 29.6. The van der Waals surface area contributed by atoms with Gasteiger partial charge in [0, 0.05) is 48.9 Å². The summed E-state index contributed by atoms with van der Waals surface area (Å²) < 4.78 is 9.05. The zero-order chi connectivity index (χ0) is 37.4. The predicted molar refractivity (Wildman–Crippen MR) is 200 cm³/mol. The van der Waals surface area contributed by atoms with Gasteiger partial charge in [0.1, 0.15) is 5.60 Å². The molecule has 10 nitrogen and oxygen atoms in total. The van der Waals surface area contributed by atoms with Gasteiger partial charge in [0.15, 0.2) is 5.78 Å². The minimum atomic E-state index is -1.01. The maximum absolute atomic E-state index is 13.2. The lowest BCUT2D eigenvalue weighted by atomic mass is 9.79. The van der Waals surface area contributed by atoms with E-state index in [4.69, 9.17) is 4.74 Å². The van der Waals surface area contributed by atoms with Crippen LogP contribution < -0.4 is 11.2 Å². The van der Waals surface area contributed by atoms with Crippen LogP contribution in [0.25, 0.3) is 0 Å². The number of amides is 2. The summed E-state index contributed by atoms with van der Waals surface area (Å²) in [5.41, 5.74) is 1.34. The standard InChI is InChI=1S/C43H41N3O7/c1-31-29-44(42(52)46(40(31)50)41(51)33-15-7-4-8-16-33)27-13-2-3-14-28-53-43(34-17-9-5-10-18-34,35-19-11-6-12-20-35)36-23-21-32(22-24-36)37(47)30-45-38(48)25-26-39(45)49/h4-12,15-24,29H,2-3,13-14,25-28,30H2,1H3. The largest absolute Gasteiger partial charge is 0.361 e. The molecule has 1 saturated heterocycles. The van der Waals surface area contributed by atoms with Gasteiger partial charge in [-0.3, -0.25) is 33.4 Å².